The predicted molar refractivity (Wildman–Crippen MR) is 107 cm³/mol. The third-order valence-electron chi connectivity index (χ3n) is 5.61. The maximum absolute atomic E-state index is 12.7. The summed E-state index contributed by atoms with van der Waals surface area (Å²) in [5.74, 6) is -0.294. The molecule has 9 heteroatoms. The van der Waals surface area contributed by atoms with Crippen molar-refractivity contribution in [2.45, 2.75) is 24.7 Å². The van der Waals surface area contributed by atoms with Gasteiger partial charge in [-0.05, 0) is 31.9 Å². The lowest BCUT2D eigenvalue weighted by atomic mass is 9.98. The smallest absolute Gasteiger partial charge is 0.314 e. The Balaban J connectivity index is 1.51. The van der Waals surface area contributed by atoms with E-state index in [2.05, 4.69) is 0 Å². The molecule has 0 aliphatic carbocycles. The van der Waals surface area contributed by atoms with Gasteiger partial charge in [0, 0.05) is 26.2 Å². The van der Waals surface area contributed by atoms with Crippen molar-refractivity contribution in [1.29, 1.82) is 0 Å². The highest BCUT2D eigenvalue weighted by molar-refractivity contribution is 7.89. The first-order valence-corrected chi connectivity index (χ1v) is 11.7. The van der Waals surface area contributed by atoms with Crippen molar-refractivity contribution in [3.8, 4) is 0 Å². The summed E-state index contributed by atoms with van der Waals surface area (Å²) < 4.78 is 32.0. The van der Waals surface area contributed by atoms with E-state index >= 15 is 0 Å². The lowest BCUT2D eigenvalue weighted by Gasteiger charge is -2.35. The molecule has 0 aromatic heterocycles. The fourth-order valence-corrected chi connectivity index (χ4v) is 5.46. The van der Waals surface area contributed by atoms with Crippen molar-refractivity contribution in [2.24, 2.45) is 5.92 Å². The predicted octanol–water partition coefficient (Wildman–Crippen LogP) is -0.622. The average molecular weight is 425 g/mol. The number of nitrogens with one attached hydrogen (secondary N) is 1. The number of carbonyl (C=O) groups is 2. The summed E-state index contributed by atoms with van der Waals surface area (Å²) in [7, 11) is -3.52. The summed E-state index contributed by atoms with van der Waals surface area (Å²) in [4.78, 5) is 27.8. The lowest BCUT2D eigenvalue weighted by Crippen LogP contribution is -3.14. The average Bonchev–Trinajstić information content (AvgIpc) is 2.75. The number of quaternary nitrogens is 1. The fraction of sp³-hybridized carbons (Fsp3) is 0.600. The van der Waals surface area contributed by atoms with E-state index in [1.54, 1.807) is 42.2 Å². The van der Waals surface area contributed by atoms with Gasteiger partial charge < -0.3 is 14.5 Å². The number of likely N-dealkylation sites (tertiary alicyclic amines) is 1. The second kappa shape index (κ2) is 9.69. The number of ether oxygens (including phenoxy) is 1. The van der Waals surface area contributed by atoms with Crippen molar-refractivity contribution in [3.63, 3.8) is 0 Å². The fourth-order valence-electron chi connectivity index (χ4n) is 4.02. The van der Waals surface area contributed by atoms with Crippen molar-refractivity contribution in [1.82, 2.24) is 9.21 Å². The number of hydrogen-bond donors (Lipinski definition) is 1. The lowest BCUT2D eigenvalue weighted by molar-refractivity contribution is -0.899. The first-order valence-electron chi connectivity index (χ1n) is 10.2. The number of hydrogen-bond acceptors (Lipinski definition) is 5. The van der Waals surface area contributed by atoms with Crippen LogP contribution in [0.2, 0.25) is 0 Å². The van der Waals surface area contributed by atoms with Crippen LogP contribution in [0.5, 0.6) is 0 Å². The molecule has 0 radical (unpaired) electrons. The molecule has 2 aliphatic rings. The molecular formula is C20H30N3O5S+. The molecule has 1 aromatic carbocycles. The van der Waals surface area contributed by atoms with E-state index in [1.165, 1.54) is 4.31 Å². The molecule has 0 saturated carbocycles. The third kappa shape index (κ3) is 5.34. The molecule has 8 nitrogen and oxygen atoms in total. The largest absolute Gasteiger partial charge is 0.466 e. The highest BCUT2D eigenvalue weighted by Gasteiger charge is 2.34. The zero-order valence-corrected chi connectivity index (χ0v) is 17.7. The Bertz CT molecular complexity index is 807. The van der Waals surface area contributed by atoms with Gasteiger partial charge in [0.15, 0.2) is 6.54 Å². The van der Waals surface area contributed by atoms with Crippen LogP contribution >= 0.6 is 0 Å². The van der Waals surface area contributed by atoms with E-state index in [4.69, 9.17) is 4.74 Å². The molecular weight excluding hydrogens is 394 g/mol. The number of esters is 1. The van der Waals surface area contributed by atoms with Gasteiger partial charge in [0.2, 0.25) is 10.0 Å². The molecule has 3 rings (SSSR count). The Morgan fingerprint density at radius 1 is 1.14 bits per heavy atom. The minimum absolute atomic E-state index is 0.0151. The van der Waals surface area contributed by atoms with E-state index in [9.17, 15) is 18.0 Å². The van der Waals surface area contributed by atoms with Crippen LogP contribution < -0.4 is 4.90 Å². The highest BCUT2D eigenvalue weighted by atomic mass is 32.2. The van der Waals surface area contributed by atoms with Gasteiger partial charge >= 0.3 is 5.97 Å². The van der Waals surface area contributed by atoms with Crippen LogP contribution in [0.15, 0.2) is 35.2 Å². The Morgan fingerprint density at radius 3 is 2.48 bits per heavy atom. The van der Waals surface area contributed by atoms with E-state index in [-0.39, 0.29) is 22.7 Å². The quantitative estimate of drug-likeness (QED) is 0.615. The second-order valence-corrected chi connectivity index (χ2v) is 9.51. The van der Waals surface area contributed by atoms with E-state index in [0.29, 0.717) is 45.9 Å². The molecule has 2 atom stereocenters. The number of carbonyl (C=O) groups excluding carboxylic acids is 2. The van der Waals surface area contributed by atoms with Crippen LogP contribution in [-0.4, -0.2) is 81.9 Å². The van der Waals surface area contributed by atoms with Crippen LogP contribution in [0, 0.1) is 5.92 Å². The molecule has 2 fully saturated rings. The van der Waals surface area contributed by atoms with Gasteiger partial charge in [0.25, 0.3) is 5.91 Å². The molecule has 1 amide bonds. The van der Waals surface area contributed by atoms with Crippen molar-refractivity contribution >= 4 is 21.9 Å². The van der Waals surface area contributed by atoms with Crippen LogP contribution in [0.1, 0.15) is 19.8 Å². The summed E-state index contributed by atoms with van der Waals surface area (Å²) >= 11 is 0. The summed E-state index contributed by atoms with van der Waals surface area (Å²) in [5.41, 5.74) is 0. The SMILES string of the molecule is CCOC(=O)[C@H]1CCC[NH+](CC(=O)N2CCN(S(=O)(=O)c3ccccc3)CC2)C1. The zero-order chi connectivity index (χ0) is 20.9. The number of piperazine rings is 1. The van der Waals surface area contributed by atoms with E-state index in [0.717, 1.165) is 24.3 Å². The summed E-state index contributed by atoms with van der Waals surface area (Å²) in [5, 5.41) is 0. The van der Waals surface area contributed by atoms with Gasteiger partial charge in [-0.3, -0.25) is 9.59 Å². The number of benzene rings is 1. The summed E-state index contributed by atoms with van der Waals surface area (Å²) in [6.45, 7) is 5.36. The third-order valence-corrected chi connectivity index (χ3v) is 7.52. The highest BCUT2D eigenvalue weighted by Crippen LogP contribution is 2.17. The molecule has 2 saturated heterocycles. The Labute approximate surface area is 172 Å². The maximum Gasteiger partial charge on any atom is 0.314 e. The normalized spacial score (nSPS) is 23.6. The van der Waals surface area contributed by atoms with Gasteiger partial charge in [0.05, 0.1) is 24.6 Å². The first-order chi connectivity index (χ1) is 13.9. The van der Waals surface area contributed by atoms with Crippen molar-refractivity contribution < 1.29 is 27.6 Å². The first kappa shape index (κ1) is 21.7. The van der Waals surface area contributed by atoms with Crippen LogP contribution in [0.25, 0.3) is 0 Å². The van der Waals surface area contributed by atoms with Gasteiger partial charge in [-0.2, -0.15) is 4.31 Å². The molecule has 160 valence electrons. The van der Waals surface area contributed by atoms with Crippen molar-refractivity contribution in [2.75, 3.05) is 52.4 Å². The van der Waals surface area contributed by atoms with Gasteiger partial charge in [-0.1, -0.05) is 18.2 Å². The summed E-state index contributed by atoms with van der Waals surface area (Å²) in [6.07, 6.45) is 1.71. The van der Waals surface area contributed by atoms with Gasteiger partial charge in [0.1, 0.15) is 5.92 Å². The molecule has 1 N–H and O–H groups in total. The number of rotatable bonds is 6. The molecule has 0 bridgehead atoms. The Hall–Kier alpha value is -1.97. The number of piperidine rings is 1. The monoisotopic (exact) mass is 424 g/mol. The molecule has 0 spiro atoms. The minimum Gasteiger partial charge on any atom is -0.466 e. The van der Waals surface area contributed by atoms with Gasteiger partial charge in [-0.25, -0.2) is 8.42 Å². The topological polar surface area (TPSA) is 88.4 Å². The van der Waals surface area contributed by atoms with Crippen molar-refractivity contribution in [3.05, 3.63) is 30.3 Å². The number of amides is 1. The summed E-state index contributed by atoms with van der Waals surface area (Å²) in [6, 6.07) is 8.37. The standard InChI is InChI=1S/C20H29N3O5S/c1-2-28-20(25)17-7-6-10-21(15-17)16-19(24)22-11-13-23(14-12-22)29(26,27)18-8-4-3-5-9-18/h3-5,8-9,17H,2,6-7,10-16H2,1H3/p+1/t17-/m0/s1. The minimum atomic E-state index is -3.52. The van der Waals surface area contributed by atoms with E-state index in [1.807, 2.05) is 0 Å². The van der Waals surface area contributed by atoms with Gasteiger partial charge in [-0.15, -0.1) is 0 Å². The second-order valence-electron chi connectivity index (χ2n) is 7.57. The molecule has 2 aliphatic heterocycles. The number of sulfonamides is 1. The Kier molecular flexibility index (Phi) is 7.26. The molecule has 2 heterocycles. The Morgan fingerprint density at radius 2 is 1.83 bits per heavy atom. The van der Waals surface area contributed by atoms with E-state index < -0.39 is 10.0 Å². The van der Waals surface area contributed by atoms with Crippen LogP contribution in [0.4, 0.5) is 0 Å². The molecule has 1 aromatic rings. The maximum atomic E-state index is 12.7. The zero-order valence-electron chi connectivity index (χ0n) is 16.9. The number of nitrogens with zero attached hydrogens (tertiary/aromatic N) is 2. The molecule has 29 heavy (non-hydrogen) atoms. The molecule has 1 unspecified atom stereocenters. The van der Waals surface area contributed by atoms with Crippen LogP contribution in [-0.2, 0) is 24.3 Å². The van der Waals surface area contributed by atoms with Crippen LogP contribution in [0.3, 0.4) is 0 Å².